The lowest BCUT2D eigenvalue weighted by Gasteiger charge is -2.37. The number of ether oxygens (including phenoxy) is 3. The topological polar surface area (TPSA) is 109 Å². The molecule has 5 aromatic carbocycles. The van der Waals surface area contributed by atoms with E-state index in [0.717, 1.165) is 35.4 Å². The average Bonchev–Trinajstić information content (AvgIpc) is 3.89. The van der Waals surface area contributed by atoms with E-state index in [2.05, 4.69) is 32.2 Å². The molecule has 11 heteroatoms. The largest absolute Gasteiger partial charge is 0.497 e. The quantitative estimate of drug-likeness (QED) is 0.151. The fourth-order valence-corrected chi connectivity index (χ4v) is 14.3. The molecule has 4 aliphatic rings. The summed E-state index contributed by atoms with van der Waals surface area (Å²) in [6.45, 7) is 7.50. The SMILES string of the molecule is COc1ccc([Si](C)(C)[C@H]2[C@H](CC(=O)N3CCC[C@H]3CO)O[C@@]3(C(=O)N(Cc4cccc(N5C(=O)c6ccccc6Oc6ccccc65)c4)c4ccccc43)[C@@H]2C)cc1. The summed E-state index contributed by atoms with van der Waals surface area (Å²) in [5, 5.41) is 11.3. The van der Waals surface area contributed by atoms with Crippen LogP contribution in [-0.4, -0.2) is 68.2 Å². The summed E-state index contributed by atoms with van der Waals surface area (Å²) in [5.74, 6) is 1.11. The van der Waals surface area contributed by atoms with Crippen molar-refractivity contribution in [1.29, 1.82) is 0 Å². The molecule has 4 heterocycles. The number of hydrogen-bond donors (Lipinski definition) is 1. The number of anilines is 3. The fraction of sp³-hybridized carbons (Fsp3) is 0.312. The number of fused-ring (bicyclic) bond motifs is 4. The maximum absolute atomic E-state index is 15.5. The van der Waals surface area contributed by atoms with Gasteiger partial charge in [0.2, 0.25) is 5.91 Å². The molecule has 0 aromatic heterocycles. The highest BCUT2D eigenvalue weighted by atomic mass is 28.3. The molecule has 9 rings (SSSR count). The molecular weight excluding hydrogens is 759 g/mol. The first kappa shape index (κ1) is 38.7. The van der Waals surface area contributed by atoms with Gasteiger partial charge in [0, 0.05) is 23.7 Å². The Morgan fingerprint density at radius 3 is 2.36 bits per heavy atom. The third-order valence-corrected chi connectivity index (χ3v) is 17.5. The molecule has 0 radical (unpaired) electrons. The van der Waals surface area contributed by atoms with Gasteiger partial charge in [-0.05, 0) is 78.5 Å². The lowest BCUT2D eigenvalue weighted by molar-refractivity contribution is -0.150. The highest BCUT2D eigenvalue weighted by Gasteiger charge is 2.66. The van der Waals surface area contributed by atoms with E-state index in [0.29, 0.717) is 35.0 Å². The Balaban J connectivity index is 1.08. The Kier molecular flexibility index (Phi) is 9.93. The maximum Gasteiger partial charge on any atom is 0.266 e. The number of para-hydroxylation sites is 4. The van der Waals surface area contributed by atoms with E-state index in [1.807, 2.05) is 102 Å². The summed E-state index contributed by atoms with van der Waals surface area (Å²) in [4.78, 5) is 49.2. The number of amides is 3. The summed E-state index contributed by atoms with van der Waals surface area (Å²) in [5.41, 5.74) is 2.67. The second kappa shape index (κ2) is 15.1. The van der Waals surface area contributed by atoms with E-state index < -0.39 is 19.8 Å². The molecule has 2 fully saturated rings. The van der Waals surface area contributed by atoms with Crippen molar-refractivity contribution in [2.24, 2.45) is 5.92 Å². The number of carbonyl (C=O) groups excluding carboxylic acids is 3. The van der Waals surface area contributed by atoms with Gasteiger partial charge in [-0.1, -0.05) is 91.9 Å². The molecular formula is C48H49N3O7Si. The van der Waals surface area contributed by atoms with Crippen LogP contribution in [0.15, 0.2) is 121 Å². The van der Waals surface area contributed by atoms with Crippen LogP contribution in [0, 0.1) is 5.92 Å². The molecule has 0 aliphatic carbocycles. The Bertz CT molecular complexity index is 2440. The van der Waals surface area contributed by atoms with Crippen molar-refractivity contribution in [1.82, 2.24) is 4.90 Å². The minimum Gasteiger partial charge on any atom is -0.497 e. The van der Waals surface area contributed by atoms with Crippen LogP contribution in [0.1, 0.15) is 47.7 Å². The number of rotatable bonds is 9. The second-order valence-corrected chi connectivity index (χ2v) is 21.4. The molecule has 0 saturated carbocycles. The molecule has 5 atom stereocenters. The van der Waals surface area contributed by atoms with Gasteiger partial charge in [-0.25, -0.2) is 0 Å². The number of nitrogens with zero attached hydrogens (tertiary/aromatic N) is 3. The zero-order valence-electron chi connectivity index (χ0n) is 33.8. The Labute approximate surface area is 345 Å². The van der Waals surface area contributed by atoms with Crippen LogP contribution in [0.4, 0.5) is 17.1 Å². The molecule has 3 amide bonds. The first-order valence-corrected chi connectivity index (χ1v) is 23.6. The number of likely N-dealkylation sites (tertiary alicyclic amines) is 1. The molecule has 5 aromatic rings. The van der Waals surface area contributed by atoms with Gasteiger partial charge >= 0.3 is 0 Å². The van der Waals surface area contributed by atoms with Gasteiger partial charge in [0.25, 0.3) is 11.8 Å². The molecule has 2 saturated heterocycles. The van der Waals surface area contributed by atoms with Crippen LogP contribution < -0.4 is 24.5 Å². The van der Waals surface area contributed by atoms with E-state index in [4.69, 9.17) is 14.2 Å². The predicted molar refractivity (Wildman–Crippen MR) is 230 cm³/mol. The van der Waals surface area contributed by atoms with E-state index in [-0.39, 0.29) is 54.8 Å². The van der Waals surface area contributed by atoms with Crippen LogP contribution in [0.3, 0.4) is 0 Å². The molecule has 1 N–H and O–H groups in total. The third-order valence-electron chi connectivity index (χ3n) is 13.2. The summed E-state index contributed by atoms with van der Waals surface area (Å²) in [6.07, 6.45) is 1.20. The Hall–Kier alpha value is -5.75. The first-order chi connectivity index (χ1) is 28.6. The smallest absolute Gasteiger partial charge is 0.266 e. The van der Waals surface area contributed by atoms with Crippen molar-refractivity contribution in [2.45, 2.75) is 69.1 Å². The zero-order chi connectivity index (χ0) is 41.1. The monoisotopic (exact) mass is 807 g/mol. The number of benzene rings is 5. The third kappa shape index (κ3) is 6.34. The second-order valence-electron chi connectivity index (χ2n) is 16.7. The Morgan fingerprint density at radius 2 is 1.59 bits per heavy atom. The minimum atomic E-state index is -2.49. The summed E-state index contributed by atoms with van der Waals surface area (Å²) in [7, 11) is -0.838. The van der Waals surface area contributed by atoms with Crippen molar-refractivity contribution in [2.75, 3.05) is 30.1 Å². The van der Waals surface area contributed by atoms with E-state index >= 15 is 4.79 Å². The standard InChI is InChI=1S/C48H49N3O7Si/c1-31-45(59(3,4)36-24-22-35(56-2)23-25-36)43(28-44(53)49-26-12-15-34(49)30-52)58-48(31)38-17-6-7-18-39(38)50(47(48)55)29-32-13-11-14-33(27-32)51-40-19-8-10-21-42(40)57-41-20-9-5-16-37(41)46(51)54/h5-11,13-14,16-25,27,31,34,43,45,52H,12,15,26,28-30H2,1-4H3/t31-,34+,43+,45-,48+/m1/s1. The van der Waals surface area contributed by atoms with Crippen molar-refractivity contribution in [3.8, 4) is 17.2 Å². The maximum atomic E-state index is 15.5. The van der Waals surface area contributed by atoms with Crippen LogP contribution >= 0.6 is 0 Å². The van der Waals surface area contributed by atoms with Gasteiger partial charge in [0.05, 0.1) is 63.8 Å². The van der Waals surface area contributed by atoms with Crippen molar-refractivity contribution >= 4 is 48.0 Å². The van der Waals surface area contributed by atoms with E-state index in [9.17, 15) is 14.7 Å². The van der Waals surface area contributed by atoms with Crippen LogP contribution in [0.2, 0.25) is 18.6 Å². The lowest BCUT2D eigenvalue weighted by Crippen LogP contribution is -2.52. The number of carbonyl (C=O) groups is 3. The Morgan fingerprint density at radius 1 is 0.881 bits per heavy atom. The lowest BCUT2D eigenvalue weighted by atomic mass is 9.82. The van der Waals surface area contributed by atoms with E-state index in [1.54, 1.807) is 29.0 Å². The van der Waals surface area contributed by atoms with Gasteiger partial charge in [-0.15, -0.1) is 0 Å². The molecule has 0 bridgehead atoms. The first-order valence-electron chi connectivity index (χ1n) is 20.5. The molecule has 10 nitrogen and oxygen atoms in total. The van der Waals surface area contributed by atoms with Gasteiger partial charge < -0.3 is 29.1 Å². The van der Waals surface area contributed by atoms with Crippen LogP contribution in [0.25, 0.3) is 0 Å². The molecule has 1 spiro atoms. The zero-order valence-corrected chi connectivity index (χ0v) is 34.8. The number of hydrogen-bond acceptors (Lipinski definition) is 7. The summed E-state index contributed by atoms with van der Waals surface area (Å²) >= 11 is 0. The van der Waals surface area contributed by atoms with Crippen molar-refractivity contribution < 1.29 is 33.7 Å². The fourth-order valence-electron chi connectivity index (χ4n) is 10.3. The highest BCUT2D eigenvalue weighted by Crippen LogP contribution is 2.60. The van der Waals surface area contributed by atoms with Gasteiger partial charge in [0.15, 0.2) is 11.4 Å². The predicted octanol–water partition coefficient (Wildman–Crippen LogP) is 7.92. The summed E-state index contributed by atoms with van der Waals surface area (Å²) < 4.78 is 19.0. The normalized spacial score (nSPS) is 23.5. The number of aliphatic hydroxyl groups is 1. The van der Waals surface area contributed by atoms with E-state index in [1.165, 1.54) is 5.19 Å². The van der Waals surface area contributed by atoms with Gasteiger partial charge in [0.1, 0.15) is 11.5 Å². The highest BCUT2D eigenvalue weighted by molar-refractivity contribution is 6.91. The van der Waals surface area contributed by atoms with Crippen LogP contribution in [-0.2, 0) is 26.5 Å². The summed E-state index contributed by atoms with van der Waals surface area (Å²) in [6, 6.07) is 38.3. The van der Waals surface area contributed by atoms with Gasteiger partial charge in [-0.3, -0.25) is 19.3 Å². The molecule has 0 unspecified atom stereocenters. The molecule has 59 heavy (non-hydrogen) atoms. The van der Waals surface area contributed by atoms with Crippen molar-refractivity contribution in [3.05, 3.63) is 138 Å². The van der Waals surface area contributed by atoms with Crippen molar-refractivity contribution in [3.63, 3.8) is 0 Å². The molecule has 302 valence electrons. The molecule has 4 aliphatic heterocycles. The number of methoxy groups -OCH3 is 1. The minimum absolute atomic E-state index is 0.0506. The van der Waals surface area contributed by atoms with Gasteiger partial charge in [-0.2, -0.15) is 0 Å². The number of aliphatic hydroxyl groups excluding tert-OH is 1. The van der Waals surface area contributed by atoms with Crippen LogP contribution in [0.5, 0.6) is 17.2 Å². The average molecular weight is 808 g/mol.